The molecule has 33 heavy (non-hydrogen) atoms. The average molecular weight is 474 g/mol. The third-order valence-electron chi connectivity index (χ3n) is 4.49. The highest BCUT2D eigenvalue weighted by Crippen LogP contribution is 2.19. The lowest BCUT2D eigenvalue weighted by Gasteiger charge is -2.11. The van der Waals surface area contributed by atoms with E-state index in [1.54, 1.807) is 36.4 Å². The molecule has 0 aliphatic carbocycles. The normalized spacial score (nSPS) is 11.0. The summed E-state index contributed by atoms with van der Waals surface area (Å²) in [5.74, 6) is -2.79. The predicted molar refractivity (Wildman–Crippen MR) is 120 cm³/mol. The molecule has 0 aliphatic rings. The molecule has 0 fully saturated rings. The second-order valence-corrected chi connectivity index (χ2v) is 8.71. The van der Waals surface area contributed by atoms with Gasteiger partial charge in [0.15, 0.2) is 0 Å². The minimum Gasteiger partial charge on any atom is -0.352 e. The SMILES string of the molecule is O=C(CCCNC(=O)c1ccc(F)cc1F)Nc1cccc(NS(=O)(=O)c2ccccc2)c1. The van der Waals surface area contributed by atoms with E-state index in [0.29, 0.717) is 11.8 Å². The fraction of sp³-hybridized carbons (Fsp3) is 0.130. The van der Waals surface area contributed by atoms with Crippen molar-refractivity contribution in [3.8, 4) is 0 Å². The van der Waals surface area contributed by atoms with Crippen molar-refractivity contribution in [2.75, 3.05) is 16.6 Å². The van der Waals surface area contributed by atoms with E-state index >= 15 is 0 Å². The smallest absolute Gasteiger partial charge is 0.261 e. The third kappa shape index (κ3) is 6.84. The molecule has 3 aromatic carbocycles. The molecule has 0 saturated heterocycles. The van der Waals surface area contributed by atoms with E-state index < -0.39 is 27.6 Å². The van der Waals surface area contributed by atoms with E-state index in [9.17, 15) is 26.8 Å². The summed E-state index contributed by atoms with van der Waals surface area (Å²) in [5, 5.41) is 5.13. The summed E-state index contributed by atoms with van der Waals surface area (Å²) in [4.78, 5) is 24.2. The monoisotopic (exact) mass is 473 g/mol. The van der Waals surface area contributed by atoms with E-state index in [1.807, 2.05) is 0 Å². The molecule has 3 N–H and O–H groups in total. The molecule has 7 nitrogen and oxygen atoms in total. The predicted octanol–water partition coefficient (Wildman–Crippen LogP) is 3.91. The van der Waals surface area contributed by atoms with Crippen LogP contribution >= 0.6 is 0 Å². The number of rotatable bonds is 9. The van der Waals surface area contributed by atoms with Crippen molar-refractivity contribution in [2.45, 2.75) is 17.7 Å². The molecule has 10 heteroatoms. The van der Waals surface area contributed by atoms with Crippen molar-refractivity contribution in [3.63, 3.8) is 0 Å². The van der Waals surface area contributed by atoms with Crippen molar-refractivity contribution in [3.05, 3.63) is 90.0 Å². The van der Waals surface area contributed by atoms with Gasteiger partial charge in [0.2, 0.25) is 5.91 Å². The summed E-state index contributed by atoms with van der Waals surface area (Å²) >= 11 is 0. The molecule has 2 amide bonds. The fourth-order valence-corrected chi connectivity index (χ4v) is 3.99. The zero-order valence-electron chi connectivity index (χ0n) is 17.3. The van der Waals surface area contributed by atoms with Crippen LogP contribution in [-0.4, -0.2) is 26.8 Å². The van der Waals surface area contributed by atoms with Crippen LogP contribution in [0, 0.1) is 11.6 Å². The van der Waals surface area contributed by atoms with Gasteiger partial charge in [-0.05, 0) is 48.9 Å². The second kappa shape index (κ2) is 10.7. The lowest BCUT2D eigenvalue weighted by molar-refractivity contribution is -0.116. The Kier molecular flexibility index (Phi) is 7.73. The van der Waals surface area contributed by atoms with Gasteiger partial charge in [-0.1, -0.05) is 24.3 Å². The molecule has 3 rings (SSSR count). The number of sulfonamides is 1. The Morgan fingerprint density at radius 3 is 2.30 bits per heavy atom. The van der Waals surface area contributed by atoms with E-state index in [1.165, 1.54) is 18.2 Å². The van der Waals surface area contributed by atoms with E-state index in [0.717, 1.165) is 12.1 Å². The average Bonchev–Trinajstić information content (AvgIpc) is 2.77. The van der Waals surface area contributed by atoms with Gasteiger partial charge in [0, 0.05) is 24.7 Å². The van der Waals surface area contributed by atoms with Gasteiger partial charge < -0.3 is 10.6 Å². The van der Waals surface area contributed by atoms with Crippen LogP contribution in [0.5, 0.6) is 0 Å². The van der Waals surface area contributed by atoms with Gasteiger partial charge in [-0.2, -0.15) is 0 Å². The third-order valence-corrected chi connectivity index (χ3v) is 5.89. The molecule has 0 bridgehead atoms. The van der Waals surface area contributed by atoms with Gasteiger partial charge in [0.05, 0.1) is 16.1 Å². The highest BCUT2D eigenvalue weighted by molar-refractivity contribution is 7.92. The highest BCUT2D eigenvalue weighted by Gasteiger charge is 2.14. The number of halogens is 2. The first-order valence-electron chi connectivity index (χ1n) is 9.95. The maximum Gasteiger partial charge on any atom is 0.261 e. The maximum atomic E-state index is 13.6. The Balaban J connectivity index is 1.48. The van der Waals surface area contributed by atoms with Gasteiger partial charge in [-0.25, -0.2) is 17.2 Å². The van der Waals surface area contributed by atoms with Crippen LogP contribution in [0.15, 0.2) is 77.7 Å². The van der Waals surface area contributed by atoms with Gasteiger partial charge >= 0.3 is 0 Å². The lowest BCUT2D eigenvalue weighted by atomic mass is 10.2. The second-order valence-electron chi connectivity index (χ2n) is 7.03. The van der Waals surface area contributed by atoms with Crippen LogP contribution in [0.2, 0.25) is 0 Å². The van der Waals surface area contributed by atoms with Crippen molar-refractivity contribution in [2.24, 2.45) is 0 Å². The van der Waals surface area contributed by atoms with Gasteiger partial charge in [-0.3, -0.25) is 14.3 Å². The maximum absolute atomic E-state index is 13.6. The Hall–Kier alpha value is -3.79. The Morgan fingerprint density at radius 1 is 0.848 bits per heavy atom. The topological polar surface area (TPSA) is 104 Å². The first-order valence-corrected chi connectivity index (χ1v) is 11.4. The Morgan fingerprint density at radius 2 is 1.58 bits per heavy atom. The zero-order chi connectivity index (χ0) is 23.8. The Labute approximate surface area is 189 Å². The van der Waals surface area contributed by atoms with Gasteiger partial charge in [-0.15, -0.1) is 0 Å². The van der Waals surface area contributed by atoms with Crippen LogP contribution in [-0.2, 0) is 14.8 Å². The minimum absolute atomic E-state index is 0.0617. The molecule has 0 radical (unpaired) electrons. The largest absolute Gasteiger partial charge is 0.352 e. The van der Waals surface area contributed by atoms with Crippen LogP contribution in [0.1, 0.15) is 23.2 Å². The highest BCUT2D eigenvalue weighted by atomic mass is 32.2. The number of anilines is 2. The number of hydrogen-bond donors (Lipinski definition) is 3. The first kappa shape index (κ1) is 23.9. The number of carbonyl (C=O) groups excluding carboxylic acids is 2. The van der Waals surface area contributed by atoms with Gasteiger partial charge in [0.1, 0.15) is 11.6 Å². The number of carbonyl (C=O) groups is 2. The minimum atomic E-state index is -3.76. The molecule has 0 spiro atoms. The first-order chi connectivity index (χ1) is 15.7. The molecule has 0 saturated carbocycles. The zero-order valence-corrected chi connectivity index (χ0v) is 18.2. The van der Waals surface area contributed by atoms with Crippen molar-refractivity contribution in [1.82, 2.24) is 5.32 Å². The summed E-state index contributed by atoms with van der Waals surface area (Å²) in [5.41, 5.74) is 0.395. The summed E-state index contributed by atoms with van der Waals surface area (Å²) in [6.45, 7) is 0.111. The molecule has 3 aromatic rings. The van der Waals surface area contributed by atoms with Crippen molar-refractivity contribution < 1.29 is 26.8 Å². The summed E-state index contributed by atoms with van der Waals surface area (Å²) in [7, 11) is -3.76. The molecule has 0 unspecified atom stereocenters. The van der Waals surface area contributed by atoms with Crippen LogP contribution in [0.4, 0.5) is 20.2 Å². The molecule has 172 valence electrons. The van der Waals surface area contributed by atoms with Crippen molar-refractivity contribution >= 4 is 33.2 Å². The lowest BCUT2D eigenvalue weighted by Crippen LogP contribution is -2.26. The molecule has 0 atom stereocenters. The van der Waals surface area contributed by atoms with Crippen molar-refractivity contribution in [1.29, 1.82) is 0 Å². The molecule has 0 aliphatic heterocycles. The molecular weight excluding hydrogens is 452 g/mol. The summed E-state index contributed by atoms with van der Waals surface area (Å²) in [6.07, 6.45) is 0.340. The molecular formula is C23H21F2N3O4S. The number of nitrogens with one attached hydrogen (secondary N) is 3. The van der Waals surface area contributed by atoms with Crippen LogP contribution in [0.3, 0.4) is 0 Å². The molecule has 0 heterocycles. The van der Waals surface area contributed by atoms with Gasteiger partial charge in [0.25, 0.3) is 15.9 Å². The van der Waals surface area contributed by atoms with E-state index in [4.69, 9.17) is 0 Å². The number of amides is 2. The summed E-state index contributed by atoms with van der Waals surface area (Å²) < 4.78 is 53.8. The summed E-state index contributed by atoms with van der Waals surface area (Å²) in [6, 6.07) is 16.8. The van der Waals surface area contributed by atoms with Crippen LogP contribution < -0.4 is 15.4 Å². The van der Waals surface area contributed by atoms with Crippen LogP contribution in [0.25, 0.3) is 0 Å². The fourth-order valence-electron chi connectivity index (χ4n) is 2.92. The number of benzene rings is 3. The quantitative estimate of drug-likeness (QED) is 0.410. The van der Waals surface area contributed by atoms with E-state index in [-0.39, 0.29) is 41.4 Å². The standard InChI is InChI=1S/C23H21F2N3O4S/c24-16-11-12-20(21(25)14-16)23(30)26-13-5-10-22(29)27-17-6-4-7-18(15-17)28-33(31,32)19-8-2-1-3-9-19/h1-4,6-9,11-12,14-15,28H,5,10,13H2,(H,26,30)(H,27,29). The Bertz CT molecular complexity index is 1250. The molecule has 0 aromatic heterocycles. The van der Waals surface area contributed by atoms with E-state index in [2.05, 4.69) is 15.4 Å². The number of hydrogen-bond acceptors (Lipinski definition) is 4.